The van der Waals surface area contributed by atoms with Crippen LogP contribution in [0.3, 0.4) is 0 Å². The first-order valence-corrected chi connectivity index (χ1v) is 7.08. The monoisotopic (exact) mass is 272 g/mol. The maximum atomic E-state index is 6.05. The fraction of sp³-hybridized carbons (Fsp3) is 0.500. The van der Waals surface area contributed by atoms with Gasteiger partial charge in [0.2, 0.25) is 0 Å². The number of nitrogens with one attached hydrogen (secondary N) is 1. The Hall–Kier alpha value is -1.95. The van der Waals surface area contributed by atoms with E-state index in [1.807, 2.05) is 6.07 Å². The van der Waals surface area contributed by atoms with Gasteiger partial charge in [-0.1, -0.05) is 6.07 Å². The molecular formula is C14H20N6. The Kier molecular flexibility index (Phi) is 3.64. The molecule has 1 heterocycles. The zero-order valence-corrected chi connectivity index (χ0v) is 11.7. The summed E-state index contributed by atoms with van der Waals surface area (Å²) in [6.07, 6.45) is 6.16. The van der Waals surface area contributed by atoms with E-state index in [-0.39, 0.29) is 0 Å². The van der Waals surface area contributed by atoms with Crippen LogP contribution in [-0.4, -0.2) is 32.3 Å². The molecule has 1 saturated carbocycles. The number of rotatable bonds is 3. The van der Waals surface area contributed by atoms with E-state index in [1.165, 1.54) is 18.4 Å². The minimum atomic E-state index is 0.323. The van der Waals surface area contributed by atoms with Crippen molar-refractivity contribution in [3.8, 4) is 5.69 Å². The predicted octanol–water partition coefficient (Wildman–Crippen LogP) is 1.65. The molecule has 1 aromatic heterocycles. The van der Waals surface area contributed by atoms with Crippen molar-refractivity contribution < 1.29 is 0 Å². The van der Waals surface area contributed by atoms with E-state index in [9.17, 15) is 0 Å². The third-order valence-electron chi connectivity index (χ3n) is 3.91. The van der Waals surface area contributed by atoms with Crippen molar-refractivity contribution in [2.45, 2.75) is 44.7 Å². The zero-order chi connectivity index (χ0) is 13.9. The quantitative estimate of drug-likeness (QED) is 0.888. The van der Waals surface area contributed by atoms with Gasteiger partial charge in [0, 0.05) is 17.8 Å². The maximum absolute atomic E-state index is 6.05. The molecule has 0 spiro atoms. The van der Waals surface area contributed by atoms with Crippen LogP contribution >= 0.6 is 0 Å². The molecule has 0 aliphatic heterocycles. The van der Waals surface area contributed by atoms with Crippen LogP contribution in [0.4, 0.5) is 5.69 Å². The Bertz CT molecular complexity index is 565. The van der Waals surface area contributed by atoms with Gasteiger partial charge >= 0.3 is 0 Å². The van der Waals surface area contributed by atoms with E-state index in [0.29, 0.717) is 12.1 Å². The number of nitrogens with two attached hydrogens (primary N) is 1. The number of tetrazole rings is 1. The summed E-state index contributed by atoms with van der Waals surface area (Å²) in [7, 11) is 0. The summed E-state index contributed by atoms with van der Waals surface area (Å²) in [6, 6.07) is 6.98. The Morgan fingerprint density at radius 2 is 2.25 bits per heavy atom. The highest BCUT2D eigenvalue weighted by Crippen LogP contribution is 2.24. The Labute approximate surface area is 118 Å². The van der Waals surface area contributed by atoms with Crippen molar-refractivity contribution in [2.24, 2.45) is 5.73 Å². The van der Waals surface area contributed by atoms with Crippen molar-refractivity contribution in [3.05, 3.63) is 30.1 Å². The first kappa shape index (κ1) is 13.1. The van der Waals surface area contributed by atoms with E-state index < -0.39 is 0 Å². The Balaban J connectivity index is 1.80. The first-order chi connectivity index (χ1) is 9.72. The van der Waals surface area contributed by atoms with Crippen LogP contribution in [0.1, 0.15) is 31.2 Å². The lowest BCUT2D eigenvalue weighted by Crippen LogP contribution is -2.35. The number of nitrogens with zero attached hydrogens (tertiary/aromatic N) is 4. The van der Waals surface area contributed by atoms with Gasteiger partial charge in [-0.05, 0) is 60.7 Å². The average molecular weight is 272 g/mol. The molecule has 106 valence electrons. The van der Waals surface area contributed by atoms with Crippen LogP contribution in [0.15, 0.2) is 24.5 Å². The van der Waals surface area contributed by atoms with Gasteiger partial charge in [0.25, 0.3) is 0 Å². The standard InChI is InChI=1S/C14H20N6/c1-10-5-6-13(20-9-16-18-19-20)8-14(10)17-12-4-2-3-11(15)7-12/h5-6,8-9,11-12,17H,2-4,7,15H2,1H3. The summed E-state index contributed by atoms with van der Waals surface area (Å²) in [5.74, 6) is 0. The molecule has 0 amide bonds. The second-order valence-electron chi connectivity index (χ2n) is 5.52. The van der Waals surface area contributed by atoms with Gasteiger partial charge < -0.3 is 11.1 Å². The topological polar surface area (TPSA) is 81.7 Å². The molecule has 0 bridgehead atoms. The summed E-state index contributed by atoms with van der Waals surface area (Å²) in [5, 5.41) is 14.9. The number of benzene rings is 1. The normalized spacial score (nSPS) is 22.7. The molecule has 1 aromatic carbocycles. The molecule has 1 fully saturated rings. The molecule has 1 aliphatic rings. The summed E-state index contributed by atoms with van der Waals surface area (Å²) in [5.41, 5.74) is 9.37. The fourth-order valence-corrected chi connectivity index (χ4v) is 2.77. The zero-order valence-electron chi connectivity index (χ0n) is 11.7. The van der Waals surface area contributed by atoms with Gasteiger partial charge in [-0.15, -0.1) is 5.10 Å². The Morgan fingerprint density at radius 3 is 3.00 bits per heavy atom. The lowest BCUT2D eigenvalue weighted by molar-refractivity contribution is 0.409. The van der Waals surface area contributed by atoms with Gasteiger partial charge in [0.1, 0.15) is 6.33 Å². The van der Waals surface area contributed by atoms with Crippen molar-refractivity contribution in [2.75, 3.05) is 5.32 Å². The molecule has 3 N–H and O–H groups in total. The minimum Gasteiger partial charge on any atom is -0.382 e. The van der Waals surface area contributed by atoms with E-state index in [4.69, 9.17) is 5.73 Å². The second kappa shape index (κ2) is 5.58. The highest BCUT2D eigenvalue weighted by Gasteiger charge is 2.19. The van der Waals surface area contributed by atoms with E-state index in [1.54, 1.807) is 11.0 Å². The lowest BCUT2D eigenvalue weighted by Gasteiger charge is -2.28. The van der Waals surface area contributed by atoms with Gasteiger partial charge in [-0.3, -0.25) is 0 Å². The molecule has 2 aromatic rings. The third-order valence-corrected chi connectivity index (χ3v) is 3.91. The van der Waals surface area contributed by atoms with Crippen LogP contribution < -0.4 is 11.1 Å². The van der Waals surface area contributed by atoms with E-state index in [2.05, 4.69) is 39.9 Å². The molecule has 2 atom stereocenters. The van der Waals surface area contributed by atoms with Crippen molar-refractivity contribution in [3.63, 3.8) is 0 Å². The van der Waals surface area contributed by atoms with Gasteiger partial charge in [0.05, 0.1) is 5.69 Å². The molecule has 0 saturated heterocycles. The molecule has 2 unspecified atom stereocenters. The minimum absolute atomic E-state index is 0.323. The number of aryl methyl sites for hydroxylation is 1. The number of hydrogen-bond donors (Lipinski definition) is 2. The smallest absolute Gasteiger partial charge is 0.143 e. The summed E-state index contributed by atoms with van der Waals surface area (Å²) in [4.78, 5) is 0. The first-order valence-electron chi connectivity index (χ1n) is 7.08. The van der Waals surface area contributed by atoms with Crippen LogP contribution in [0.25, 0.3) is 5.69 Å². The lowest BCUT2D eigenvalue weighted by atomic mass is 9.91. The number of aromatic nitrogens is 4. The molecule has 0 radical (unpaired) electrons. The largest absolute Gasteiger partial charge is 0.382 e. The van der Waals surface area contributed by atoms with E-state index in [0.717, 1.165) is 24.2 Å². The van der Waals surface area contributed by atoms with Gasteiger partial charge in [-0.25, -0.2) is 4.68 Å². The molecule has 20 heavy (non-hydrogen) atoms. The van der Waals surface area contributed by atoms with Crippen LogP contribution in [0.5, 0.6) is 0 Å². The predicted molar refractivity (Wildman–Crippen MR) is 77.7 cm³/mol. The Morgan fingerprint density at radius 1 is 1.35 bits per heavy atom. The fourth-order valence-electron chi connectivity index (χ4n) is 2.77. The van der Waals surface area contributed by atoms with Crippen LogP contribution in [0, 0.1) is 6.92 Å². The second-order valence-corrected chi connectivity index (χ2v) is 5.52. The third kappa shape index (κ3) is 2.80. The molecule has 6 nitrogen and oxygen atoms in total. The molecule has 6 heteroatoms. The number of hydrogen-bond acceptors (Lipinski definition) is 5. The average Bonchev–Trinajstić information content (AvgIpc) is 2.95. The highest BCUT2D eigenvalue weighted by molar-refractivity contribution is 5.57. The molecular weight excluding hydrogens is 252 g/mol. The summed E-state index contributed by atoms with van der Waals surface area (Å²) in [6.45, 7) is 2.11. The summed E-state index contributed by atoms with van der Waals surface area (Å²) >= 11 is 0. The SMILES string of the molecule is Cc1ccc(-n2cnnn2)cc1NC1CCCC(N)C1. The summed E-state index contributed by atoms with van der Waals surface area (Å²) < 4.78 is 1.66. The van der Waals surface area contributed by atoms with Crippen LogP contribution in [0.2, 0.25) is 0 Å². The van der Waals surface area contributed by atoms with Gasteiger partial charge in [-0.2, -0.15) is 0 Å². The van der Waals surface area contributed by atoms with Crippen molar-refractivity contribution >= 4 is 5.69 Å². The molecule has 3 rings (SSSR count). The maximum Gasteiger partial charge on any atom is 0.143 e. The van der Waals surface area contributed by atoms with Crippen LogP contribution in [-0.2, 0) is 0 Å². The highest BCUT2D eigenvalue weighted by atomic mass is 15.5. The van der Waals surface area contributed by atoms with Crippen molar-refractivity contribution in [1.29, 1.82) is 0 Å². The molecule has 1 aliphatic carbocycles. The van der Waals surface area contributed by atoms with E-state index >= 15 is 0 Å². The van der Waals surface area contributed by atoms with Gasteiger partial charge in [0.15, 0.2) is 0 Å². The number of anilines is 1. The van der Waals surface area contributed by atoms with Crippen molar-refractivity contribution in [1.82, 2.24) is 20.2 Å².